The normalized spacial score (nSPS) is 20.1. The maximum atomic E-state index is 13.9. The van der Waals surface area contributed by atoms with Crippen LogP contribution < -0.4 is 19.4 Å². The molecule has 7 nitrogen and oxygen atoms in total. The number of halogens is 1. The van der Waals surface area contributed by atoms with Crippen LogP contribution in [0, 0.1) is 5.92 Å². The van der Waals surface area contributed by atoms with Crippen molar-refractivity contribution in [3.63, 3.8) is 0 Å². The molecular formula is C32H27BrN2O5. The molecule has 2 aliphatic heterocycles. The van der Waals surface area contributed by atoms with Gasteiger partial charge in [0.15, 0.2) is 17.6 Å². The molecule has 0 saturated carbocycles. The van der Waals surface area contributed by atoms with E-state index in [9.17, 15) is 9.59 Å². The average Bonchev–Trinajstić information content (AvgIpc) is 3.49. The number of hydrogen-bond donors (Lipinski definition) is 0. The van der Waals surface area contributed by atoms with Crippen molar-refractivity contribution in [2.75, 3.05) is 16.6 Å². The molecule has 202 valence electrons. The Kier molecular flexibility index (Phi) is 7.28. The SMILES string of the molecule is CCOc1cc([C@H]2[C@H]3C(=O)N(c4ccc(Br)cc4)C(=O)[C@H]3ON2c2ccccc2)ccc1OCc1ccccc1. The molecule has 0 aliphatic carbocycles. The summed E-state index contributed by atoms with van der Waals surface area (Å²) in [4.78, 5) is 35.0. The molecule has 8 heteroatoms. The van der Waals surface area contributed by atoms with E-state index >= 15 is 0 Å². The van der Waals surface area contributed by atoms with E-state index in [-0.39, 0.29) is 11.8 Å². The molecule has 4 aromatic rings. The molecule has 0 unspecified atom stereocenters. The van der Waals surface area contributed by atoms with Crippen molar-refractivity contribution in [3.05, 3.63) is 119 Å². The summed E-state index contributed by atoms with van der Waals surface area (Å²) in [5.41, 5.74) is 3.09. The van der Waals surface area contributed by atoms with E-state index in [1.54, 1.807) is 29.3 Å². The monoisotopic (exact) mass is 598 g/mol. The molecule has 2 fully saturated rings. The van der Waals surface area contributed by atoms with Crippen LogP contribution in [0.3, 0.4) is 0 Å². The van der Waals surface area contributed by atoms with Crippen LogP contribution in [-0.4, -0.2) is 24.5 Å². The van der Waals surface area contributed by atoms with Crippen LogP contribution >= 0.6 is 15.9 Å². The summed E-state index contributed by atoms with van der Waals surface area (Å²) in [7, 11) is 0. The molecule has 2 saturated heterocycles. The summed E-state index contributed by atoms with van der Waals surface area (Å²) in [5, 5.41) is 1.68. The van der Waals surface area contributed by atoms with Crippen LogP contribution in [0.1, 0.15) is 24.1 Å². The van der Waals surface area contributed by atoms with E-state index in [1.165, 1.54) is 4.90 Å². The van der Waals surface area contributed by atoms with Gasteiger partial charge in [0.2, 0.25) is 5.91 Å². The number of benzene rings is 4. The van der Waals surface area contributed by atoms with E-state index < -0.39 is 18.1 Å². The highest BCUT2D eigenvalue weighted by Gasteiger charge is 2.60. The zero-order chi connectivity index (χ0) is 27.6. The molecule has 6 rings (SSSR count). The highest BCUT2D eigenvalue weighted by molar-refractivity contribution is 9.10. The Bertz CT molecular complexity index is 1510. The van der Waals surface area contributed by atoms with Gasteiger partial charge in [-0.25, -0.2) is 9.96 Å². The maximum absolute atomic E-state index is 13.9. The Balaban J connectivity index is 1.37. The van der Waals surface area contributed by atoms with Gasteiger partial charge in [0, 0.05) is 4.47 Å². The van der Waals surface area contributed by atoms with Crippen LogP contribution in [0.15, 0.2) is 108 Å². The predicted molar refractivity (Wildman–Crippen MR) is 155 cm³/mol. The Morgan fingerprint density at radius 1 is 0.775 bits per heavy atom. The first-order valence-electron chi connectivity index (χ1n) is 13.1. The summed E-state index contributed by atoms with van der Waals surface area (Å²) in [6.45, 7) is 2.74. The number of rotatable bonds is 8. The number of imide groups is 1. The number of fused-ring (bicyclic) bond motifs is 1. The van der Waals surface area contributed by atoms with E-state index in [4.69, 9.17) is 14.3 Å². The Morgan fingerprint density at radius 3 is 2.17 bits per heavy atom. The summed E-state index contributed by atoms with van der Waals surface area (Å²) in [6.07, 6.45) is -0.953. The molecule has 0 aromatic heterocycles. The highest BCUT2D eigenvalue weighted by atomic mass is 79.9. The molecule has 0 spiro atoms. The zero-order valence-electron chi connectivity index (χ0n) is 21.8. The van der Waals surface area contributed by atoms with Gasteiger partial charge >= 0.3 is 0 Å². The fourth-order valence-electron chi connectivity index (χ4n) is 5.23. The fourth-order valence-corrected chi connectivity index (χ4v) is 5.49. The summed E-state index contributed by atoms with van der Waals surface area (Å²) in [5.74, 6) is -0.269. The van der Waals surface area contributed by atoms with Gasteiger partial charge in [-0.05, 0) is 66.6 Å². The molecule has 2 amide bonds. The molecule has 3 atom stereocenters. The summed E-state index contributed by atoms with van der Waals surface area (Å²) in [6, 6.07) is 31.6. The second-order valence-electron chi connectivity index (χ2n) is 9.56. The lowest BCUT2D eigenvalue weighted by Crippen LogP contribution is -2.37. The standard InChI is InChI=1S/C32H27BrN2O5/c1-2-38-27-19-22(13-18-26(27)39-20-21-9-5-3-6-10-21)29-28-30(40-35(29)25-11-7-4-8-12-25)32(37)34(31(28)36)24-16-14-23(33)15-17-24/h3-19,28-30H,2,20H2,1H3/t28-,29+,30+/m1/s1. The third-order valence-electron chi connectivity index (χ3n) is 7.06. The van der Waals surface area contributed by atoms with Gasteiger partial charge in [0.05, 0.1) is 24.0 Å². The molecular weight excluding hydrogens is 572 g/mol. The Morgan fingerprint density at radius 2 is 1.48 bits per heavy atom. The van der Waals surface area contributed by atoms with Crippen molar-refractivity contribution in [1.82, 2.24) is 0 Å². The second-order valence-corrected chi connectivity index (χ2v) is 10.5. The van der Waals surface area contributed by atoms with Crippen LogP contribution in [0.25, 0.3) is 0 Å². The van der Waals surface area contributed by atoms with Crippen LogP contribution in [-0.2, 0) is 21.0 Å². The predicted octanol–water partition coefficient (Wildman–Crippen LogP) is 6.48. The van der Waals surface area contributed by atoms with E-state index in [1.807, 2.05) is 85.8 Å². The number of carbonyl (C=O) groups is 2. The number of hydrogen-bond acceptors (Lipinski definition) is 6. The minimum atomic E-state index is -0.953. The van der Waals surface area contributed by atoms with E-state index in [2.05, 4.69) is 15.9 Å². The average molecular weight is 599 g/mol. The van der Waals surface area contributed by atoms with Gasteiger partial charge < -0.3 is 9.47 Å². The first-order valence-corrected chi connectivity index (χ1v) is 13.9. The lowest BCUT2D eigenvalue weighted by Gasteiger charge is -2.29. The minimum absolute atomic E-state index is 0.303. The minimum Gasteiger partial charge on any atom is -0.490 e. The molecule has 2 aliphatic rings. The number of para-hydroxylation sites is 1. The van der Waals surface area contributed by atoms with E-state index in [0.29, 0.717) is 30.4 Å². The zero-order valence-corrected chi connectivity index (χ0v) is 23.4. The molecule has 0 radical (unpaired) electrons. The van der Waals surface area contributed by atoms with Gasteiger partial charge in [-0.2, -0.15) is 0 Å². The quantitative estimate of drug-likeness (QED) is 0.216. The van der Waals surface area contributed by atoms with Gasteiger partial charge in [0.25, 0.3) is 5.91 Å². The second kappa shape index (κ2) is 11.2. The topological polar surface area (TPSA) is 68.3 Å². The lowest BCUT2D eigenvalue weighted by atomic mass is 9.90. The van der Waals surface area contributed by atoms with E-state index in [0.717, 1.165) is 21.3 Å². The number of amides is 2. The van der Waals surface area contributed by atoms with Gasteiger partial charge in [-0.15, -0.1) is 0 Å². The first kappa shape index (κ1) is 26.1. The molecule has 0 bridgehead atoms. The molecule has 2 heterocycles. The fraction of sp³-hybridized carbons (Fsp3) is 0.188. The summed E-state index contributed by atoms with van der Waals surface area (Å²) < 4.78 is 12.9. The lowest BCUT2D eigenvalue weighted by molar-refractivity contribution is -0.126. The summed E-state index contributed by atoms with van der Waals surface area (Å²) >= 11 is 3.41. The number of hydroxylamine groups is 1. The van der Waals surface area contributed by atoms with Crippen molar-refractivity contribution < 1.29 is 23.9 Å². The van der Waals surface area contributed by atoms with Crippen LogP contribution in [0.4, 0.5) is 11.4 Å². The van der Waals surface area contributed by atoms with Crippen molar-refractivity contribution >= 4 is 39.1 Å². The molecule has 0 N–H and O–H groups in total. The number of nitrogens with zero attached hydrogens (tertiary/aromatic N) is 2. The molecule has 40 heavy (non-hydrogen) atoms. The van der Waals surface area contributed by atoms with Gasteiger partial charge in [-0.1, -0.05) is 70.5 Å². The Labute approximate surface area is 241 Å². The Hall–Kier alpha value is -4.14. The first-order chi connectivity index (χ1) is 19.5. The maximum Gasteiger partial charge on any atom is 0.266 e. The van der Waals surface area contributed by atoms with Gasteiger partial charge in [0.1, 0.15) is 12.5 Å². The smallest absolute Gasteiger partial charge is 0.266 e. The van der Waals surface area contributed by atoms with Crippen molar-refractivity contribution in [1.29, 1.82) is 0 Å². The van der Waals surface area contributed by atoms with Crippen molar-refractivity contribution in [2.24, 2.45) is 5.92 Å². The van der Waals surface area contributed by atoms with Crippen molar-refractivity contribution in [2.45, 2.75) is 25.7 Å². The van der Waals surface area contributed by atoms with Crippen LogP contribution in [0.2, 0.25) is 0 Å². The van der Waals surface area contributed by atoms with Gasteiger partial charge in [-0.3, -0.25) is 14.4 Å². The third-order valence-corrected chi connectivity index (χ3v) is 7.59. The number of carbonyl (C=O) groups excluding carboxylic acids is 2. The number of ether oxygens (including phenoxy) is 2. The largest absolute Gasteiger partial charge is 0.490 e. The van der Waals surface area contributed by atoms with Crippen LogP contribution in [0.5, 0.6) is 11.5 Å². The third kappa shape index (κ3) is 4.85. The molecule has 4 aromatic carbocycles. The number of anilines is 2. The highest BCUT2D eigenvalue weighted by Crippen LogP contribution is 2.48. The van der Waals surface area contributed by atoms with Crippen molar-refractivity contribution in [3.8, 4) is 11.5 Å².